The van der Waals surface area contributed by atoms with Crippen LogP contribution in [0.3, 0.4) is 0 Å². The monoisotopic (exact) mass is 300 g/mol. The topological polar surface area (TPSA) is 9.23 Å². The van der Waals surface area contributed by atoms with E-state index < -0.39 is 0 Å². The standard InChI is InChI=1S/C14H11Cl3O/c1-9-2-3-10(8-15)4-14(9)18-13-6-11(16)5-12(17)7-13/h2-7H,8H2,1H3. The average molecular weight is 302 g/mol. The van der Waals surface area contributed by atoms with Gasteiger partial charge in [0.25, 0.3) is 0 Å². The summed E-state index contributed by atoms with van der Waals surface area (Å²) in [5.41, 5.74) is 2.03. The fourth-order valence-electron chi connectivity index (χ4n) is 1.55. The lowest BCUT2D eigenvalue weighted by Gasteiger charge is -2.10. The molecule has 18 heavy (non-hydrogen) atoms. The molecule has 94 valence electrons. The van der Waals surface area contributed by atoms with Gasteiger partial charge in [0.1, 0.15) is 11.5 Å². The summed E-state index contributed by atoms with van der Waals surface area (Å²) in [6.45, 7) is 1.97. The second kappa shape index (κ2) is 5.83. The highest BCUT2D eigenvalue weighted by Crippen LogP contribution is 2.30. The van der Waals surface area contributed by atoms with Gasteiger partial charge in [-0.15, -0.1) is 11.6 Å². The average Bonchev–Trinajstić information content (AvgIpc) is 2.30. The maximum Gasteiger partial charge on any atom is 0.130 e. The van der Waals surface area contributed by atoms with E-state index in [4.69, 9.17) is 39.5 Å². The first-order valence-electron chi connectivity index (χ1n) is 5.38. The number of ether oxygens (including phenoxy) is 1. The van der Waals surface area contributed by atoms with Crippen LogP contribution in [-0.2, 0) is 5.88 Å². The van der Waals surface area contributed by atoms with Crippen LogP contribution in [0, 0.1) is 6.92 Å². The zero-order valence-corrected chi connectivity index (χ0v) is 12.0. The molecule has 0 fully saturated rings. The largest absolute Gasteiger partial charge is 0.457 e. The quantitative estimate of drug-likeness (QED) is 0.648. The van der Waals surface area contributed by atoms with Crippen molar-refractivity contribution in [3.8, 4) is 11.5 Å². The number of alkyl halides is 1. The summed E-state index contributed by atoms with van der Waals surface area (Å²) in [5, 5.41) is 1.09. The highest BCUT2D eigenvalue weighted by atomic mass is 35.5. The number of halogens is 3. The maximum absolute atomic E-state index is 5.93. The Kier molecular flexibility index (Phi) is 4.39. The first-order valence-corrected chi connectivity index (χ1v) is 6.67. The van der Waals surface area contributed by atoms with Gasteiger partial charge in [0.2, 0.25) is 0 Å². The molecule has 0 aliphatic heterocycles. The summed E-state index contributed by atoms with van der Waals surface area (Å²) in [6, 6.07) is 11.0. The van der Waals surface area contributed by atoms with E-state index in [1.807, 2.05) is 25.1 Å². The third-order valence-corrected chi connectivity index (χ3v) is 3.22. The lowest BCUT2D eigenvalue weighted by atomic mass is 10.1. The van der Waals surface area contributed by atoms with Gasteiger partial charge in [-0.1, -0.05) is 35.3 Å². The van der Waals surface area contributed by atoms with Gasteiger partial charge in [0.15, 0.2) is 0 Å². The minimum Gasteiger partial charge on any atom is -0.457 e. The van der Waals surface area contributed by atoms with Crippen LogP contribution < -0.4 is 4.74 Å². The van der Waals surface area contributed by atoms with Crippen LogP contribution >= 0.6 is 34.8 Å². The van der Waals surface area contributed by atoms with Crippen LogP contribution in [0.4, 0.5) is 0 Å². The number of aryl methyl sites for hydroxylation is 1. The number of benzene rings is 2. The van der Waals surface area contributed by atoms with Crippen LogP contribution in [0.5, 0.6) is 11.5 Å². The minimum absolute atomic E-state index is 0.451. The molecule has 0 aliphatic rings. The van der Waals surface area contributed by atoms with Crippen molar-refractivity contribution in [2.24, 2.45) is 0 Å². The summed E-state index contributed by atoms with van der Waals surface area (Å²) in [5.74, 6) is 1.82. The zero-order valence-electron chi connectivity index (χ0n) is 9.71. The molecule has 0 bridgehead atoms. The molecular weight excluding hydrogens is 291 g/mol. The first kappa shape index (κ1) is 13.5. The third-order valence-electron chi connectivity index (χ3n) is 2.47. The fraction of sp³-hybridized carbons (Fsp3) is 0.143. The molecule has 2 aromatic carbocycles. The summed E-state index contributed by atoms with van der Waals surface area (Å²) in [7, 11) is 0. The van der Waals surface area contributed by atoms with Crippen molar-refractivity contribution in [3.63, 3.8) is 0 Å². The predicted octanol–water partition coefficient (Wildman–Crippen LogP) is 5.83. The van der Waals surface area contributed by atoms with Crippen molar-refractivity contribution in [1.82, 2.24) is 0 Å². The molecule has 2 aromatic rings. The molecule has 1 nitrogen and oxygen atoms in total. The Morgan fingerprint density at radius 3 is 2.28 bits per heavy atom. The van der Waals surface area contributed by atoms with E-state index in [1.165, 1.54) is 0 Å². The molecule has 0 unspecified atom stereocenters. The molecule has 0 radical (unpaired) electrons. The molecule has 0 aliphatic carbocycles. The van der Waals surface area contributed by atoms with E-state index in [2.05, 4.69) is 0 Å². The Morgan fingerprint density at radius 1 is 1.00 bits per heavy atom. The van der Waals surface area contributed by atoms with Gasteiger partial charge in [-0.05, 0) is 42.3 Å². The number of hydrogen-bond donors (Lipinski definition) is 0. The zero-order chi connectivity index (χ0) is 13.1. The molecule has 0 atom stereocenters. The van der Waals surface area contributed by atoms with Crippen LogP contribution in [0.2, 0.25) is 10.0 Å². The van der Waals surface area contributed by atoms with E-state index in [1.54, 1.807) is 18.2 Å². The summed E-state index contributed by atoms with van der Waals surface area (Å²) in [6.07, 6.45) is 0. The maximum atomic E-state index is 5.93. The lowest BCUT2D eigenvalue weighted by molar-refractivity contribution is 0.478. The molecule has 0 amide bonds. The SMILES string of the molecule is Cc1ccc(CCl)cc1Oc1cc(Cl)cc(Cl)c1. The van der Waals surface area contributed by atoms with Gasteiger partial charge in [0.05, 0.1) is 0 Å². The van der Waals surface area contributed by atoms with E-state index in [0.29, 0.717) is 21.7 Å². The molecule has 2 rings (SSSR count). The number of rotatable bonds is 3. The molecule has 0 spiro atoms. The van der Waals surface area contributed by atoms with Crippen molar-refractivity contribution >= 4 is 34.8 Å². The van der Waals surface area contributed by atoms with E-state index >= 15 is 0 Å². The van der Waals surface area contributed by atoms with Crippen LogP contribution in [0.15, 0.2) is 36.4 Å². The van der Waals surface area contributed by atoms with Gasteiger partial charge in [0, 0.05) is 15.9 Å². The highest BCUT2D eigenvalue weighted by molar-refractivity contribution is 6.34. The Labute approximate surface area is 121 Å². The van der Waals surface area contributed by atoms with Gasteiger partial charge >= 0.3 is 0 Å². The molecule has 0 aromatic heterocycles. The van der Waals surface area contributed by atoms with Crippen LogP contribution in [-0.4, -0.2) is 0 Å². The molecular formula is C14H11Cl3O. The van der Waals surface area contributed by atoms with Gasteiger partial charge in [-0.2, -0.15) is 0 Å². The van der Waals surface area contributed by atoms with Crippen molar-refractivity contribution in [3.05, 3.63) is 57.6 Å². The molecule has 0 saturated heterocycles. The molecule has 0 N–H and O–H groups in total. The first-order chi connectivity index (χ1) is 8.58. The molecule has 4 heteroatoms. The van der Waals surface area contributed by atoms with Crippen molar-refractivity contribution in [2.45, 2.75) is 12.8 Å². The third kappa shape index (κ3) is 3.32. The Morgan fingerprint density at radius 2 is 1.67 bits per heavy atom. The smallest absolute Gasteiger partial charge is 0.130 e. The van der Waals surface area contributed by atoms with Crippen LogP contribution in [0.1, 0.15) is 11.1 Å². The highest BCUT2D eigenvalue weighted by Gasteiger charge is 2.05. The van der Waals surface area contributed by atoms with Crippen LogP contribution in [0.25, 0.3) is 0 Å². The fourth-order valence-corrected chi connectivity index (χ4v) is 2.22. The van der Waals surface area contributed by atoms with E-state index in [-0.39, 0.29) is 0 Å². The Hall–Kier alpha value is -0.890. The van der Waals surface area contributed by atoms with E-state index in [0.717, 1.165) is 16.9 Å². The minimum atomic E-state index is 0.451. The Balaban J connectivity index is 2.33. The second-order valence-electron chi connectivity index (χ2n) is 3.94. The lowest BCUT2D eigenvalue weighted by Crippen LogP contribution is -1.89. The predicted molar refractivity (Wildman–Crippen MR) is 77.3 cm³/mol. The normalized spacial score (nSPS) is 10.4. The number of hydrogen-bond acceptors (Lipinski definition) is 1. The summed E-state index contributed by atoms with van der Waals surface area (Å²) in [4.78, 5) is 0. The van der Waals surface area contributed by atoms with Crippen molar-refractivity contribution < 1.29 is 4.74 Å². The van der Waals surface area contributed by atoms with Crippen molar-refractivity contribution in [2.75, 3.05) is 0 Å². The summed E-state index contributed by atoms with van der Waals surface area (Å²) >= 11 is 17.7. The van der Waals surface area contributed by atoms with Gasteiger partial charge in [-0.25, -0.2) is 0 Å². The van der Waals surface area contributed by atoms with Crippen molar-refractivity contribution in [1.29, 1.82) is 0 Å². The van der Waals surface area contributed by atoms with E-state index in [9.17, 15) is 0 Å². The molecule has 0 saturated carbocycles. The molecule has 0 heterocycles. The van der Waals surface area contributed by atoms with Gasteiger partial charge < -0.3 is 4.74 Å². The van der Waals surface area contributed by atoms with Gasteiger partial charge in [-0.3, -0.25) is 0 Å². The second-order valence-corrected chi connectivity index (χ2v) is 5.08. The Bertz CT molecular complexity index is 547. The summed E-state index contributed by atoms with van der Waals surface area (Å²) < 4.78 is 5.79.